The van der Waals surface area contributed by atoms with Gasteiger partial charge >= 0.3 is 0 Å². The van der Waals surface area contributed by atoms with Gasteiger partial charge in [-0.05, 0) is 92.8 Å². The van der Waals surface area contributed by atoms with Gasteiger partial charge in [0.25, 0.3) is 0 Å². The van der Waals surface area contributed by atoms with Crippen molar-refractivity contribution < 1.29 is 4.79 Å². The smallest absolute Gasteiger partial charge is 0.133 e. The molecule has 0 aromatic heterocycles. The number of fused-ring (bicyclic) bond motifs is 5. The largest absolute Gasteiger partial charge is 0.300 e. The van der Waals surface area contributed by atoms with Gasteiger partial charge in [-0.25, -0.2) is 0 Å². The van der Waals surface area contributed by atoms with Crippen LogP contribution in [-0.2, 0) is 4.79 Å². The quantitative estimate of drug-likeness (QED) is 0.560. The fraction of sp³-hybridized carbons (Fsp3) is 0.864. The zero-order valence-electron chi connectivity index (χ0n) is 15.5. The SMILES string of the molecule is CC(=O)[C@H]1CC[C@H]2[C@@H]3CC=C4C[C@@H](C)CC[C@]4(C)[C@H]3CC[C@]12C. The second-order valence-corrected chi connectivity index (χ2v) is 9.89. The maximum Gasteiger partial charge on any atom is 0.133 e. The molecule has 0 aromatic carbocycles. The van der Waals surface area contributed by atoms with E-state index in [1.54, 1.807) is 5.57 Å². The maximum absolute atomic E-state index is 12.2. The molecular formula is C22H34O. The first kappa shape index (κ1) is 15.9. The van der Waals surface area contributed by atoms with Crippen molar-refractivity contribution in [3.8, 4) is 0 Å². The Kier molecular flexibility index (Phi) is 3.60. The van der Waals surface area contributed by atoms with E-state index >= 15 is 0 Å². The summed E-state index contributed by atoms with van der Waals surface area (Å²) < 4.78 is 0. The van der Waals surface area contributed by atoms with Gasteiger partial charge < -0.3 is 0 Å². The van der Waals surface area contributed by atoms with E-state index in [2.05, 4.69) is 26.8 Å². The number of Topliss-reactive ketones (excluding diaryl/α,β-unsaturated/α-hetero) is 1. The number of ketones is 1. The standard InChI is InChI=1S/C22H34O/c1-14-9-11-21(3)16(13-14)5-6-17-19-8-7-18(15(2)23)22(19,4)12-10-20(17)21/h5,14,17-20H,6-13H2,1-4H3/t14-,17-,18+,19-,20-,21-,22+/m0/s1. The van der Waals surface area contributed by atoms with E-state index in [9.17, 15) is 4.79 Å². The highest BCUT2D eigenvalue weighted by Crippen LogP contribution is 2.66. The van der Waals surface area contributed by atoms with Crippen molar-refractivity contribution in [1.29, 1.82) is 0 Å². The Hall–Kier alpha value is -0.590. The van der Waals surface area contributed by atoms with Crippen LogP contribution in [0.15, 0.2) is 11.6 Å². The van der Waals surface area contributed by atoms with Crippen molar-refractivity contribution in [2.24, 2.45) is 40.4 Å². The number of allylic oxidation sites excluding steroid dienone is 2. The number of carbonyl (C=O) groups excluding carboxylic acids is 1. The summed E-state index contributed by atoms with van der Waals surface area (Å²) in [6.07, 6.45) is 13.2. The van der Waals surface area contributed by atoms with E-state index in [1.807, 2.05) is 6.92 Å². The van der Waals surface area contributed by atoms with Gasteiger partial charge in [0, 0.05) is 5.92 Å². The molecule has 0 N–H and O–H groups in total. The van der Waals surface area contributed by atoms with E-state index in [0.717, 1.165) is 30.1 Å². The molecule has 4 aliphatic carbocycles. The highest BCUT2D eigenvalue weighted by molar-refractivity contribution is 5.79. The second kappa shape index (κ2) is 5.20. The average Bonchev–Trinajstić information content (AvgIpc) is 2.85. The predicted octanol–water partition coefficient (Wildman–Crippen LogP) is 5.79. The summed E-state index contributed by atoms with van der Waals surface area (Å²) in [4.78, 5) is 12.2. The van der Waals surface area contributed by atoms with Gasteiger partial charge in [-0.1, -0.05) is 32.4 Å². The third-order valence-corrected chi connectivity index (χ3v) is 8.84. The van der Waals surface area contributed by atoms with Crippen LogP contribution in [0.2, 0.25) is 0 Å². The highest BCUT2D eigenvalue weighted by Gasteiger charge is 2.59. The van der Waals surface area contributed by atoms with Gasteiger partial charge in [0.2, 0.25) is 0 Å². The van der Waals surface area contributed by atoms with E-state index in [1.165, 1.54) is 44.9 Å². The highest BCUT2D eigenvalue weighted by atomic mass is 16.1. The molecule has 0 saturated heterocycles. The topological polar surface area (TPSA) is 17.1 Å². The normalized spacial score (nSPS) is 52.2. The first-order valence-corrected chi connectivity index (χ1v) is 10.1. The number of carbonyl (C=O) groups is 1. The van der Waals surface area contributed by atoms with Crippen LogP contribution in [0.1, 0.15) is 79.1 Å². The molecule has 0 radical (unpaired) electrons. The average molecular weight is 315 g/mol. The zero-order valence-corrected chi connectivity index (χ0v) is 15.5. The zero-order chi connectivity index (χ0) is 16.4. The molecule has 23 heavy (non-hydrogen) atoms. The van der Waals surface area contributed by atoms with Crippen molar-refractivity contribution >= 4 is 5.78 Å². The predicted molar refractivity (Wildman–Crippen MR) is 95.0 cm³/mol. The molecule has 4 rings (SSSR count). The Bertz CT molecular complexity index is 546. The third kappa shape index (κ3) is 2.14. The summed E-state index contributed by atoms with van der Waals surface area (Å²) in [5.41, 5.74) is 2.57. The van der Waals surface area contributed by atoms with Crippen LogP contribution in [0.4, 0.5) is 0 Å². The van der Waals surface area contributed by atoms with E-state index in [4.69, 9.17) is 0 Å². The number of rotatable bonds is 1. The van der Waals surface area contributed by atoms with Gasteiger partial charge in [0.15, 0.2) is 0 Å². The summed E-state index contributed by atoms with van der Waals surface area (Å²) in [6, 6.07) is 0. The van der Waals surface area contributed by atoms with Gasteiger partial charge in [0.05, 0.1) is 0 Å². The van der Waals surface area contributed by atoms with Crippen molar-refractivity contribution in [2.45, 2.75) is 79.1 Å². The molecule has 0 bridgehead atoms. The third-order valence-electron chi connectivity index (χ3n) is 8.84. The minimum Gasteiger partial charge on any atom is -0.300 e. The van der Waals surface area contributed by atoms with E-state index in [-0.39, 0.29) is 0 Å². The summed E-state index contributed by atoms with van der Waals surface area (Å²) in [6.45, 7) is 9.31. The van der Waals surface area contributed by atoms with E-state index in [0.29, 0.717) is 22.5 Å². The van der Waals surface area contributed by atoms with Gasteiger partial charge in [-0.2, -0.15) is 0 Å². The lowest BCUT2D eigenvalue weighted by Crippen LogP contribution is -2.50. The molecule has 4 aliphatic rings. The van der Waals surface area contributed by atoms with Crippen molar-refractivity contribution in [3.63, 3.8) is 0 Å². The molecule has 3 saturated carbocycles. The van der Waals surface area contributed by atoms with Gasteiger partial charge in [0.1, 0.15) is 5.78 Å². The molecule has 1 heteroatoms. The Labute approximate surface area is 142 Å². The number of hydrogen-bond acceptors (Lipinski definition) is 1. The Morgan fingerprint density at radius 1 is 1.09 bits per heavy atom. The Morgan fingerprint density at radius 2 is 1.87 bits per heavy atom. The molecule has 1 nitrogen and oxygen atoms in total. The summed E-state index contributed by atoms with van der Waals surface area (Å²) in [5.74, 6) is 4.22. The van der Waals surface area contributed by atoms with Crippen LogP contribution in [0, 0.1) is 40.4 Å². The van der Waals surface area contributed by atoms with Crippen LogP contribution < -0.4 is 0 Å². The molecule has 3 fully saturated rings. The van der Waals surface area contributed by atoms with Crippen molar-refractivity contribution in [1.82, 2.24) is 0 Å². The Balaban J connectivity index is 1.66. The van der Waals surface area contributed by atoms with Crippen LogP contribution in [-0.4, -0.2) is 5.78 Å². The molecular weight excluding hydrogens is 280 g/mol. The van der Waals surface area contributed by atoms with Crippen LogP contribution >= 0.6 is 0 Å². The summed E-state index contributed by atoms with van der Waals surface area (Å²) in [5, 5.41) is 0. The lowest BCUT2D eigenvalue weighted by molar-refractivity contribution is -0.127. The minimum atomic E-state index is 0.302. The van der Waals surface area contributed by atoms with Crippen LogP contribution in [0.5, 0.6) is 0 Å². The summed E-state index contributed by atoms with van der Waals surface area (Å²) in [7, 11) is 0. The fourth-order valence-corrected chi connectivity index (χ4v) is 7.51. The first-order chi connectivity index (χ1) is 10.9. The van der Waals surface area contributed by atoms with Crippen LogP contribution in [0.25, 0.3) is 0 Å². The number of hydrogen-bond donors (Lipinski definition) is 0. The molecule has 128 valence electrons. The monoisotopic (exact) mass is 314 g/mol. The summed E-state index contributed by atoms with van der Waals surface area (Å²) >= 11 is 0. The van der Waals surface area contributed by atoms with Crippen LogP contribution in [0.3, 0.4) is 0 Å². The van der Waals surface area contributed by atoms with E-state index < -0.39 is 0 Å². The van der Waals surface area contributed by atoms with Gasteiger partial charge in [-0.3, -0.25) is 4.79 Å². The lowest BCUT2D eigenvalue weighted by Gasteiger charge is -2.58. The first-order valence-electron chi connectivity index (χ1n) is 10.1. The lowest BCUT2D eigenvalue weighted by atomic mass is 9.47. The maximum atomic E-state index is 12.2. The van der Waals surface area contributed by atoms with Crippen molar-refractivity contribution in [3.05, 3.63) is 11.6 Å². The molecule has 0 aliphatic heterocycles. The molecule has 0 heterocycles. The second-order valence-electron chi connectivity index (χ2n) is 9.89. The van der Waals surface area contributed by atoms with Crippen molar-refractivity contribution in [2.75, 3.05) is 0 Å². The molecule has 0 amide bonds. The van der Waals surface area contributed by atoms with Gasteiger partial charge in [-0.15, -0.1) is 0 Å². The Morgan fingerprint density at radius 3 is 2.61 bits per heavy atom. The molecule has 0 aromatic rings. The minimum absolute atomic E-state index is 0.302. The molecule has 7 atom stereocenters. The fourth-order valence-electron chi connectivity index (χ4n) is 7.51. The molecule has 0 unspecified atom stereocenters. The molecule has 0 spiro atoms.